The largest absolute Gasteiger partial charge is 0.360 e. The summed E-state index contributed by atoms with van der Waals surface area (Å²) in [6.45, 7) is 3.04. The van der Waals surface area contributed by atoms with Crippen LogP contribution in [0.25, 0.3) is 0 Å². The third-order valence-electron chi connectivity index (χ3n) is 6.14. The summed E-state index contributed by atoms with van der Waals surface area (Å²) in [6.07, 6.45) is 8.80. The van der Waals surface area contributed by atoms with Crippen LogP contribution in [0.5, 0.6) is 0 Å². The lowest BCUT2D eigenvalue weighted by Gasteiger charge is -2.47. The third-order valence-corrected chi connectivity index (χ3v) is 6.14. The van der Waals surface area contributed by atoms with Crippen LogP contribution in [0, 0.1) is 5.92 Å². The highest BCUT2D eigenvalue weighted by molar-refractivity contribution is 5.92. The van der Waals surface area contributed by atoms with Gasteiger partial charge in [-0.3, -0.25) is 9.69 Å². The van der Waals surface area contributed by atoms with Gasteiger partial charge >= 0.3 is 0 Å². The monoisotopic (exact) mass is 315 g/mol. The number of likely N-dealkylation sites (tertiary alicyclic amines) is 2. The van der Waals surface area contributed by atoms with E-state index in [1.807, 2.05) is 11.0 Å². The molecule has 124 valence electrons. The van der Waals surface area contributed by atoms with Gasteiger partial charge < -0.3 is 9.42 Å². The van der Waals surface area contributed by atoms with Crippen LogP contribution in [0.2, 0.25) is 0 Å². The van der Waals surface area contributed by atoms with Crippen molar-refractivity contribution < 1.29 is 9.32 Å². The highest BCUT2D eigenvalue weighted by Gasteiger charge is 2.43. The molecule has 3 heterocycles. The summed E-state index contributed by atoms with van der Waals surface area (Å²) in [7, 11) is 0. The number of hydrogen-bond acceptors (Lipinski definition) is 4. The molecule has 2 atom stereocenters. The van der Waals surface area contributed by atoms with Crippen LogP contribution in [0.15, 0.2) is 10.6 Å². The Balaban J connectivity index is 1.27. The van der Waals surface area contributed by atoms with Crippen molar-refractivity contribution in [3.8, 4) is 0 Å². The van der Waals surface area contributed by atoms with E-state index in [0.29, 0.717) is 23.6 Å². The average molecular weight is 315 g/mol. The van der Waals surface area contributed by atoms with Gasteiger partial charge in [-0.05, 0) is 57.4 Å². The van der Waals surface area contributed by atoms with E-state index in [0.717, 1.165) is 31.3 Å². The molecule has 5 rings (SSSR count). The first-order valence-electron chi connectivity index (χ1n) is 9.31. The molecule has 5 nitrogen and oxygen atoms in total. The van der Waals surface area contributed by atoms with Crippen LogP contribution < -0.4 is 0 Å². The molecule has 0 spiro atoms. The number of aromatic nitrogens is 1. The smallest absolute Gasteiger partial charge is 0.276 e. The summed E-state index contributed by atoms with van der Waals surface area (Å²) in [6, 6.07) is 3.44. The molecule has 0 aromatic carbocycles. The molecular formula is C18H25N3O2. The molecule has 2 saturated heterocycles. The van der Waals surface area contributed by atoms with Crippen molar-refractivity contribution in [2.24, 2.45) is 5.92 Å². The van der Waals surface area contributed by atoms with Gasteiger partial charge in [0.25, 0.3) is 5.91 Å². The Morgan fingerprint density at radius 2 is 2.00 bits per heavy atom. The van der Waals surface area contributed by atoms with Gasteiger partial charge in [0.05, 0.1) is 0 Å². The quantitative estimate of drug-likeness (QED) is 0.860. The molecule has 1 amide bonds. The summed E-state index contributed by atoms with van der Waals surface area (Å²) < 4.78 is 5.36. The predicted octanol–water partition coefficient (Wildman–Crippen LogP) is 2.64. The second-order valence-electron chi connectivity index (χ2n) is 7.87. The summed E-state index contributed by atoms with van der Waals surface area (Å²) >= 11 is 0. The highest BCUT2D eigenvalue weighted by Crippen LogP contribution is 2.41. The second kappa shape index (κ2) is 5.33. The molecule has 0 radical (unpaired) electrons. The SMILES string of the molecule is O=C(c1cc(C2CC2)on1)N1CCC2C(CCCN2C2CC2)C1. The summed E-state index contributed by atoms with van der Waals surface area (Å²) in [5.41, 5.74) is 0.514. The maximum Gasteiger partial charge on any atom is 0.276 e. The molecule has 5 heteroatoms. The van der Waals surface area contributed by atoms with Crippen LogP contribution in [0.1, 0.15) is 67.1 Å². The van der Waals surface area contributed by atoms with Crippen LogP contribution in [-0.4, -0.2) is 52.6 Å². The van der Waals surface area contributed by atoms with Crippen molar-refractivity contribution in [3.05, 3.63) is 17.5 Å². The van der Waals surface area contributed by atoms with Gasteiger partial charge in [0.2, 0.25) is 0 Å². The topological polar surface area (TPSA) is 49.6 Å². The van der Waals surface area contributed by atoms with E-state index in [1.165, 1.54) is 45.1 Å². The minimum absolute atomic E-state index is 0.0719. The lowest BCUT2D eigenvalue weighted by molar-refractivity contribution is 0.0170. The first-order valence-corrected chi connectivity index (χ1v) is 9.31. The number of fused-ring (bicyclic) bond motifs is 1. The summed E-state index contributed by atoms with van der Waals surface area (Å²) in [5.74, 6) is 2.14. The van der Waals surface area contributed by atoms with Crippen molar-refractivity contribution in [1.82, 2.24) is 15.0 Å². The van der Waals surface area contributed by atoms with Gasteiger partial charge in [-0.1, -0.05) is 5.16 Å². The van der Waals surface area contributed by atoms with Crippen LogP contribution >= 0.6 is 0 Å². The van der Waals surface area contributed by atoms with E-state index in [-0.39, 0.29) is 5.91 Å². The van der Waals surface area contributed by atoms with Crippen LogP contribution in [0.3, 0.4) is 0 Å². The highest BCUT2D eigenvalue weighted by atomic mass is 16.5. The van der Waals surface area contributed by atoms with Crippen molar-refractivity contribution in [2.45, 2.75) is 62.9 Å². The zero-order valence-electron chi connectivity index (χ0n) is 13.6. The number of hydrogen-bond donors (Lipinski definition) is 0. The fourth-order valence-electron chi connectivity index (χ4n) is 4.60. The van der Waals surface area contributed by atoms with E-state index in [4.69, 9.17) is 4.52 Å². The molecule has 0 bridgehead atoms. The lowest BCUT2D eigenvalue weighted by atomic mass is 9.83. The number of carbonyl (C=O) groups is 1. The van der Waals surface area contributed by atoms with E-state index < -0.39 is 0 Å². The Hall–Kier alpha value is -1.36. The van der Waals surface area contributed by atoms with Crippen LogP contribution in [-0.2, 0) is 0 Å². The molecule has 1 aromatic heterocycles. The predicted molar refractivity (Wildman–Crippen MR) is 85.2 cm³/mol. The fourth-order valence-corrected chi connectivity index (χ4v) is 4.60. The van der Waals surface area contributed by atoms with Gasteiger partial charge in [-0.25, -0.2) is 0 Å². The van der Waals surface area contributed by atoms with Gasteiger partial charge in [0, 0.05) is 37.2 Å². The Morgan fingerprint density at radius 3 is 2.78 bits per heavy atom. The molecule has 1 aromatic rings. The Labute approximate surface area is 137 Å². The summed E-state index contributed by atoms with van der Waals surface area (Å²) in [4.78, 5) is 17.5. The zero-order valence-corrected chi connectivity index (χ0v) is 13.6. The molecule has 2 unspecified atom stereocenters. The molecule has 4 aliphatic rings. The molecule has 0 N–H and O–H groups in total. The van der Waals surface area contributed by atoms with Crippen molar-refractivity contribution >= 4 is 5.91 Å². The van der Waals surface area contributed by atoms with Gasteiger partial charge in [-0.15, -0.1) is 0 Å². The maximum atomic E-state index is 12.7. The zero-order chi connectivity index (χ0) is 15.4. The van der Waals surface area contributed by atoms with Crippen molar-refractivity contribution in [3.63, 3.8) is 0 Å². The molecule has 4 fully saturated rings. The van der Waals surface area contributed by atoms with Gasteiger partial charge in [0.1, 0.15) is 5.76 Å². The number of amides is 1. The van der Waals surface area contributed by atoms with E-state index >= 15 is 0 Å². The van der Waals surface area contributed by atoms with E-state index in [9.17, 15) is 4.79 Å². The van der Waals surface area contributed by atoms with Gasteiger partial charge in [-0.2, -0.15) is 0 Å². The average Bonchev–Trinajstić information content (AvgIpc) is 3.52. The van der Waals surface area contributed by atoms with Crippen molar-refractivity contribution in [1.29, 1.82) is 0 Å². The Bertz CT molecular complexity index is 605. The Kier molecular flexibility index (Phi) is 3.25. The normalized spacial score (nSPS) is 31.9. The molecule has 23 heavy (non-hydrogen) atoms. The molecular weight excluding hydrogens is 290 g/mol. The number of piperidine rings is 2. The lowest BCUT2D eigenvalue weighted by Crippen LogP contribution is -2.55. The number of nitrogens with zero attached hydrogens (tertiary/aromatic N) is 3. The number of rotatable bonds is 3. The fraction of sp³-hybridized carbons (Fsp3) is 0.778. The Morgan fingerprint density at radius 1 is 1.13 bits per heavy atom. The standard InChI is InChI=1S/C18H25N3O2/c22-18(15-10-17(23-19-15)12-3-4-12)20-9-7-16-13(11-20)2-1-8-21(16)14-5-6-14/h10,12-14,16H,1-9,11H2. The van der Waals surface area contributed by atoms with Gasteiger partial charge in [0.15, 0.2) is 5.69 Å². The molecule has 2 aliphatic heterocycles. The third kappa shape index (κ3) is 2.59. The molecule has 2 saturated carbocycles. The van der Waals surface area contributed by atoms with Crippen molar-refractivity contribution in [2.75, 3.05) is 19.6 Å². The minimum Gasteiger partial charge on any atom is -0.360 e. The first-order chi connectivity index (χ1) is 11.3. The van der Waals surface area contributed by atoms with E-state index in [1.54, 1.807) is 0 Å². The summed E-state index contributed by atoms with van der Waals surface area (Å²) in [5, 5.41) is 4.03. The number of carbonyl (C=O) groups excluding carboxylic acids is 1. The van der Waals surface area contributed by atoms with Crippen LogP contribution in [0.4, 0.5) is 0 Å². The van der Waals surface area contributed by atoms with E-state index in [2.05, 4.69) is 10.1 Å². The minimum atomic E-state index is 0.0719. The molecule has 2 aliphatic carbocycles. The first kappa shape index (κ1) is 14.0. The second-order valence-corrected chi connectivity index (χ2v) is 7.87. The maximum absolute atomic E-state index is 12.7.